The summed E-state index contributed by atoms with van der Waals surface area (Å²) < 4.78 is 37.8. The summed E-state index contributed by atoms with van der Waals surface area (Å²) in [5.74, 6) is -3.27. The first-order chi connectivity index (χ1) is 20.5. The topological polar surface area (TPSA) is 154 Å². The van der Waals surface area contributed by atoms with E-state index in [2.05, 4.69) is 0 Å². The summed E-state index contributed by atoms with van der Waals surface area (Å²) in [5.41, 5.74) is 2.08. The number of Topliss-reactive ketones (excluding diaryl/α,β-unsaturated/α-hetero) is 1. The van der Waals surface area contributed by atoms with Gasteiger partial charge in [-0.25, -0.2) is 13.6 Å². The van der Waals surface area contributed by atoms with Crippen LogP contribution in [-0.2, 0) is 14.3 Å². The molecule has 0 spiro atoms. The molecular weight excluding hydrogens is 566 g/mol. The van der Waals surface area contributed by atoms with E-state index in [1.807, 2.05) is 0 Å². The minimum Gasteiger partial charge on any atom is -0.479 e. The fourth-order valence-electron chi connectivity index (χ4n) is 6.06. The van der Waals surface area contributed by atoms with Crippen molar-refractivity contribution < 1.29 is 53.4 Å². The molecule has 1 aliphatic carbocycles. The molecule has 1 aliphatic heterocycles. The summed E-state index contributed by atoms with van der Waals surface area (Å²) in [7, 11) is 0. The second kappa shape index (κ2) is 12.9. The zero-order valence-corrected chi connectivity index (χ0v) is 22.9. The lowest BCUT2D eigenvalue weighted by Gasteiger charge is -2.38. The van der Waals surface area contributed by atoms with Gasteiger partial charge < -0.3 is 35.0 Å². The molecule has 1 saturated heterocycles. The van der Waals surface area contributed by atoms with Gasteiger partial charge in [-0.2, -0.15) is 0 Å². The van der Waals surface area contributed by atoms with Crippen LogP contribution in [0.1, 0.15) is 53.9 Å². The standard InChI is InChI=1S/C32H32F2O9/c33-19-7-1-16(2-8-19)23-15-25(36)22(13-14-24(35)17-3-9-20(34)10-4-17)26(23)18-5-11-21(12-6-18)42-32-29(39)27(37)28(38)30(43-32)31(40)41/h1-12,22-24,26-30,32,35,37-39H,13-15H2,(H,40,41)/t22-,23?,24-,26+,27-,28-,29+,30-,32+/m0/s1. The van der Waals surface area contributed by atoms with E-state index in [0.29, 0.717) is 12.0 Å². The van der Waals surface area contributed by atoms with Gasteiger partial charge in [-0.1, -0.05) is 36.4 Å². The third-order valence-electron chi connectivity index (χ3n) is 8.34. The van der Waals surface area contributed by atoms with Gasteiger partial charge in [0.25, 0.3) is 0 Å². The molecule has 1 unspecified atom stereocenters. The van der Waals surface area contributed by atoms with E-state index in [0.717, 1.165) is 11.1 Å². The average Bonchev–Trinajstić information content (AvgIpc) is 3.32. The second-order valence-corrected chi connectivity index (χ2v) is 11.0. The molecule has 0 bridgehead atoms. The molecule has 1 saturated carbocycles. The van der Waals surface area contributed by atoms with Crippen LogP contribution in [0.25, 0.3) is 0 Å². The first kappa shape index (κ1) is 30.7. The fraction of sp³-hybridized carbons (Fsp3) is 0.375. The Kier molecular flexibility index (Phi) is 9.19. The van der Waals surface area contributed by atoms with Gasteiger partial charge in [-0.05, 0) is 71.8 Å². The van der Waals surface area contributed by atoms with Crippen LogP contribution in [0.5, 0.6) is 5.75 Å². The maximum absolute atomic E-state index is 13.7. The molecule has 9 nitrogen and oxygen atoms in total. The van der Waals surface area contributed by atoms with Gasteiger partial charge in [0.05, 0.1) is 6.10 Å². The SMILES string of the molecule is O=C(O)[C@H]1O[C@@H](Oc2ccc([C@H]3C(c4ccc(F)cc4)CC(=O)[C@@H]3CC[C@H](O)c3ccc(F)cc3)cc2)[C@H](O)[C@@H](O)[C@@H]1O. The largest absolute Gasteiger partial charge is 0.479 e. The van der Waals surface area contributed by atoms with Crippen molar-refractivity contribution in [3.05, 3.63) is 101 Å². The highest BCUT2D eigenvalue weighted by atomic mass is 19.1. The van der Waals surface area contributed by atoms with Crippen molar-refractivity contribution >= 4 is 11.8 Å². The molecule has 3 aromatic carbocycles. The number of halogens is 2. The summed E-state index contributed by atoms with van der Waals surface area (Å²) in [6.07, 6.45) is -8.87. The number of benzene rings is 3. The number of carboxylic acids is 1. The number of ether oxygens (including phenoxy) is 2. The predicted octanol–water partition coefficient (Wildman–Crippen LogP) is 3.21. The molecule has 5 rings (SSSR count). The van der Waals surface area contributed by atoms with Crippen molar-refractivity contribution in [2.45, 2.75) is 67.9 Å². The predicted molar refractivity (Wildman–Crippen MR) is 147 cm³/mol. The van der Waals surface area contributed by atoms with Gasteiger partial charge in [-0.3, -0.25) is 4.79 Å². The lowest BCUT2D eigenvalue weighted by molar-refractivity contribution is -0.271. The molecule has 43 heavy (non-hydrogen) atoms. The van der Waals surface area contributed by atoms with Gasteiger partial charge in [0, 0.05) is 18.3 Å². The summed E-state index contributed by atoms with van der Waals surface area (Å²) in [4.78, 5) is 24.8. The zero-order valence-electron chi connectivity index (χ0n) is 22.9. The summed E-state index contributed by atoms with van der Waals surface area (Å²) >= 11 is 0. The molecule has 3 aromatic rings. The Morgan fingerprint density at radius 3 is 2.05 bits per heavy atom. The van der Waals surface area contributed by atoms with Crippen molar-refractivity contribution in [3.8, 4) is 5.75 Å². The van der Waals surface area contributed by atoms with Crippen molar-refractivity contribution in [2.75, 3.05) is 0 Å². The van der Waals surface area contributed by atoms with Crippen molar-refractivity contribution in [1.82, 2.24) is 0 Å². The number of aliphatic hydroxyl groups excluding tert-OH is 4. The van der Waals surface area contributed by atoms with Gasteiger partial charge in [0.15, 0.2) is 6.10 Å². The Bertz CT molecular complexity index is 1410. The van der Waals surface area contributed by atoms with Crippen molar-refractivity contribution in [2.24, 2.45) is 5.92 Å². The van der Waals surface area contributed by atoms with E-state index >= 15 is 0 Å². The number of carbonyl (C=O) groups is 2. The lowest BCUT2D eigenvalue weighted by Crippen LogP contribution is -2.61. The highest BCUT2D eigenvalue weighted by molar-refractivity contribution is 5.86. The smallest absolute Gasteiger partial charge is 0.335 e. The van der Waals surface area contributed by atoms with Gasteiger partial charge in [-0.15, -0.1) is 0 Å². The number of aliphatic hydroxyl groups is 4. The van der Waals surface area contributed by atoms with Gasteiger partial charge >= 0.3 is 5.97 Å². The van der Waals surface area contributed by atoms with Crippen LogP contribution in [0.15, 0.2) is 72.8 Å². The molecule has 11 heteroatoms. The number of hydrogen-bond donors (Lipinski definition) is 5. The van der Waals surface area contributed by atoms with E-state index in [1.165, 1.54) is 36.4 Å². The minimum absolute atomic E-state index is 0.00283. The van der Waals surface area contributed by atoms with E-state index in [4.69, 9.17) is 9.47 Å². The van der Waals surface area contributed by atoms with Crippen LogP contribution in [0.4, 0.5) is 8.78 Å². The van der Waals surface area contributed by atoms with Crippen molar-refractivity contribution in [3.63, 3.8) is 0 Å². The Morgan fingerprint density at radius 2 is 1.44 bits per heavy atom. The van der Waals surface area contributed by atoms with Gasteiger partial charge in [0.2, 0.25) is 6.29 Å². The second-order valence-electron chi connectivity index (χ2n) is 11.0. The maximum Gasteiger partial charge on any atom is 0.335 e. The third-order valence-corrected chi connectivity index (χ3v) is 8.34. The summed E-state index contributed by atoms with van der Waals surface area (Å²) in [6, 6.07) is 18.0. The molecule has 2 aliphatic rings. The van der Waals surface area contributed by atoms with Crippen LogP contribution in [0, 0.1) is 17.6 Å². The highest BCUT2D eigenvalue weighted by Crippen LogP contribution is 2.50. The molecule has 1 heterocycles. The van der Waals surface area contributed by atoms with E-state index in [-0.39, 0.29) is 36.2 Å². The monoisotopic (exact) mass is 598 g/mol. The first-order valence-electron chi connectivity index (χ1n) is 13.9. The summed E-state index contributed by atoms with van der Waals surface area (Å²) in [5, 5.41) is 50.3. The Morgan fingerprint density at radius 1 is 0.860 bits per heavy atom. The van der Waals surface area contributed by atoms with E-state index in [9.17, 15) is 43.9 Å². The van der Waals surface area contributed by atoms with E-state index < -0.39 is 60.3 Å². The quantitative estimate of drug-likeness (QED) is 0.250. The number of rotatable bonds is 9. The number of ketones is 1. The van der Waals surface area contributed by atoms with Crippen LogP contribution in [-0.4, -0.2) is 68.0 Å². The molecule has 0 radical (unpaired) electrons. The van der Waals surface area contributed by atoms with Crippen LogP contribution in [0.3, 0.4) is 0 Å². The number of carbonyl (C=O) groups excluding carboxylic acids is 1. The van der Waals surface area contributed by atoms with Crippen molar-refractivity contribution in [1.29, 1.82) is 0 Å². The molecule has 0 amide bonds. The molecule has 9 atom stereocenters. The molecular formula is C32H32F2O9. The minimum atomic E-state index is -1.85. The van der Waals surface area contributed by atoms with E-state index in [1.54, 1.807) is 36.4 Å². The number of hydrogen-bond acceptors (Lipinski definition) is 8. The van der Waals surface area contributed by atoms with Crippen LogP contribution in [0.2, 0.25) is 0 Å². The fourth-order valence-corrected chi connectivity index (χ4v) is 6.06. The normalized spacial score (nSPS) is 29.8. The molecule has 0 aromatic heterocycles. The average molecular weight is 599 g/mol. The Labute approximate surface area is 245 Å². The Hall–Kier alpha value is -3.74. The number of aliphatic carboxylic acids is 1. The third kappa shape index (κ3) is 6.61. The molecule has 2 fully saturated rings. The van der Waals surface area contributed by atoms with Gasteiger partial charge in [0.1, 0.15) is 41.5 Å². The summed E-state index contributed by atoms with van der Waals surface area (Å²) in [6.45, 7) is 0. The van der Waals surface area contributed by atoms with Crippen LogP contribution >= 0.6 is 0 Å². The lowest BCUT2D eigenvalue weighted by atomic mass is 9.78. The Balaban J connectivity index is 1.37. The maximum atomic E-state index is 13.7. The molecule has 228 valence electrons. The molecule has 5 N–H and O–H groups in total. The number of carboxylic acid groups (broad SMARTS) is 1. The first-order valence-corrected chi connectivity index (χ1v) is 13.9. The zero-order chi connectivity index (χ0) is 30.8. The highest BCUT2D eigenvalue weighted by Gasteiger charge is 2.48. The van der Waals surface area contributed by atoms with Crippen LogP contribution < -0.4 is 4.74 Å².